The molecular weight excluding hydrogens is 248 g/mol. The highest BCUT2D eigenvalue weighted by atomic mass is 16.1. The number of carbonyl (C=O) groups excluding carboxylic acids is 1. The molecule has 1 aromatic carbocycles. The lowest BCUT2D eigenvalue weighted by atomic mass is 9.86. The normalized spacial score (nSPS) is 13.3. The van der Waals surface area contributed by atoms with Gasteiger partial charge in [-0.2, -0.15) is 0 Å². The molecule has 0 aliphatic carbocycles. The Kier molecular flexibility index (Phi) is 5.75. The van der Waals surface area contributed by atoms with Gasteiger partial charge < -0.3 is 11.1 Å². The molecule has 3 N–H and O–H groups in total. The number of hydrogen-bond donors (Lipinski definition) is 2. The van der Waals surface area contributed by atoms with E-state index in [0.717, 1.165) is 6.42 Å². The van der Waals surface area contributed by atoms with E-state index in [1.807, 2.05) is 24.3 Å². The van der Waals surface area contributed by atoms with Crippen molar-refractivity contribution in [2.24, 2.45) is 11.7 Å². The number of benzene rings is 1. The fraction of sp³-hybridized carbons (Fsp3) is 0.588. The van der Waals surface area contributed by atoms with Crippen LogP contribution in [0.5, 0.6) is 0 Å². The van der Waals surface area contributed by atoms with E-state index in [4.69, 9.17) is 5.73 Å². The highest BCUT2D eigenvalue weighted by Crippen LogP contribution is 2.22. The van der Waals surface area contributed by atoms with Gasteiger partial charge in [0, 0.05) is 18.2 Å². The van der Waals surface area contributed by atoms with Gasteiger partial charge in [-0.15, -0.1) is 0 Å². The zero-order valence-corrected chi connectivity index (χ0v) is 13.4. The fourth-order valence-electron chi connectivity index (χ4n) is 2.17. The molecule has 20 heavy (non-hydrogen) atoms. The molecule has 0 saturated carbocycles. The van der Waals surface area contributed by atoms with Crippen molar-refractivity contribution in [2.75, 3.05) is 6.54 Å². The van der Waals surface area contributed by atoms with Gasteiger partial charge in [0.15, 0.2) is 0 Å². The Morgan fingerprint density at radius 3 is 2.15 bits per heavy atom. The minimum atomic E-state index is -0.0402. The van der Waals surface area contributed by atoms with E-state index in [2.05, 4.69) is 39.9 Å². The van der Waals surface area contributed by atoms with Crippen LogP contribution in [-0.4, -0.2) is 18.5 Å². The molecule has 0 aliphatic rings. The first kappa shape index (κ1) is 16.7. The number of rotatable bonds is 5. The maximum Gasteiger partial charge on any atom is 0.251 e. The molecule has 0 spiro atoms. The van der Waals surface area contributed by atoms with Gasteiger partial charge in [0.2, 0.25) is 0 Å². The summed E-state index contributed by atoms with van der Waals surface area (Å²) in [5.41, 5.74) is 7.74. The summed E-state index contributed by atoms with van der Waals surface area (Å²) in [6.45, 7) is 11.2. The molecule has 1 aromatic rings. The number of nitrogens with one attached hydrogen (secondary N) is 1. The van der Waals surface area contributed by atoms with Crippen molar-refractivity contribution in [3.63, 3.8) is 0 Å². The number of nitrogens with two attached hydrogens (primary N) is 1. The quantitative estimate of drug-likeness (QED) is 0.868. The Labute approximate surface area is 122 Å². The van der Waals surface area contributed by atoms with Gasteiger partial charge in [-0.05, 0) is 35.4 Å². The SMILES string of the molecule is CC(C)CC(CN)NC(=O)c1ccc(C(C)(C)C)cc1. The third-order valence-electron chi connectivity index (χ3n) is 3.39. The van der Waals surface area contributed by atoms with E-state index >= 15 is 0 Å². The van der Waals surface area contributed by atoms with E-state index in [0.29, 0.717) is 18.0 Å². The van der Waals surface area contributed by atoms with Crippen molar-refractivity contribution in [3.8, 4) is 0 Å². The summed E-state index contributed by atoms with van der Waals surface area (Å²) >= 11 is 0. The molecule has 112 valence electrons. The van der Waals surface area contributed by atoms with Crippen LogP contribution in [0.15, 0.2) is 24.3 Å². The first-order chi connectivity index (χ1) is 9.24. The van der Waals surface area contributed by atoms with Crippen LogP contribution in [0.2, 0.25) is 0 Å². The second kappa shape index (κ2) is 6.89. The standard InChI is InChI=1S/C17H28N2O/c1-12(2)10-15(11-18)19-16(20)13-6-8-14(9-7-13)17(3,4)5/h6-9,12,15H,10-11,18H2,1-5H3,(H,19,20). The zero-order valence-electron chi connectivity index (χ0n) is 13.4. The van der Waals surface area contributed by atoms with Crippen molar-refractivity contribution in [1.29, 1.82) is 0 Å². The predicted molar refractivity (Wildman–Crippen MR) is 84.9 cm³/mol. The second-order valence-electron chi connectivity index (χ2n) is 6.86. The van der Waals surface area contributed by atoms with Gasteiger partial charge >= 0.3 is 0 Å². The maximum absolute atomic E-state index is 12.2. The molecule has 0 fully saturated rings. The van der Waals surface area contributed by atoms with E-state index in [1.54, 1.807) is 0 Å². The lowest BCUT2D eigenvalue weighted by Gasteiger charge is -2.20. The van der Waals surface area contributed by atoms with E-state index in [9.17, 15) is 4.79 Å². The first-order valence-electron chi connectivity index (χ1n) is 7.35. The monoisotopic (exact) mass is 276 g/mol. The van der Waals surface area contributed by atoms with Crippen molar-refractivity contribution >= 4 is 5.91 Å². The van der Waals surface area contributed by atoms with Crippen LogP contribution in [0.3, 0.4) is 0 Å². The van der Waals surface area contributed by atoms with Crippen LogP contribution in [-0.2, 0) is 5.41 Å². The fourth-order valence-corrected chi connectivity index (χ4v) is 2.17. The topological polar surface area (TPSA) is 55.1 Å². The van der Waals surface area contributed by atoms with E-state index < -0.39 is 0 Å². The van der Waals surface area contributed by atoms with Crippen LogP contribution in [0.25, 0.3) is 0 Å². The molecule has 0 radical (unpaired) electrons. The molecule has 1 unspecified atom stereocenters. The Balaban J connectivity index is 2.72. The summed E-state index contributed by atoms with van der Waals surface area (Å²) in [6, 6.07) is 7.87. The van der Waals surface area contributed by atoms with Crippen LogP contribution in [0, 0.1) is 5.92 Å². The summed E-state index contributed by atoms with van der Waals surface area (Å²) in [5, 5.41) is 3.01. The largest absolute Gasteiger partial charge is 0.348 e. The second-order valence-corrected chi connectivity index (χ2v) is 6.86. The van der Waals surface area contributed by atoms with Crippen molar-refractivity contribution in [3.05, 3.63) is 35.4 Å². The highest BCUT2D eigenvalue weighted by molar-refractivity contribution is 5.94. The summed E-state index contributed by atoms with van der Waals surface area (Å²) in [5.74, 6) is 0.480. The molecule has 1 amide bonds. The van der Waals surface area contributed by atoms with Crippen molar-refractivity contribution < 1.29 is 4.79 Å². The lowest BCUT2D eigenvalue weighted by Crippen LogP contribution is -2.41. The van der Waals surface area contributed by atoms with Gasteiger partial charge in [0.05, 0.1) is 0 Å². The lowest BCUT2D eigenvalue weighted by molar-refractivity contribution is 0.0933. The minimum absolute atomic E-state index is 0.0402. The predicted octanol–water partition coefficient (Wildman–Crippen LogP) is 3.09. The molecule has 0 aliphatic heterocycles. The average Bonchev–Trinajstić information content (AvgIpc) is 2.36. The van der Waals surface area contributed by atoms with Gasteiger partial charge in [0.25, 0.3) is 5.91 Å². The van der Waals surface area contributed by atoms with Crippen LogP contribution in [0.4, 0.5) is 0 Å². The summed E-state index contributed by atoms with van der Waals surface area (Å²) in [6.07, 6.45) is 0.905. The maximum atomic E-state index is 12.2. The molecular formula is C17H28N2O. The van der Waals surface area contributed by atoms with Gasteiger partial charge in [0.1, 0.15) is 0 Å². The van der Waals surface area contributed by atoms with Gasteiger partial charge in [-0.1, -0.05) is 46.8 Å². The van der Waals surface area contributed by atoms with Crippen LogP contribution in [0.1, 0.15) is 57.0 Å². The molecule has 0 bridgehead atoms. The zero-order chi connectivity index (χ0) is 15.3. The molecule has 1 atom stereocenters. The Morgan fingerprint density at radius 2 is 1.75 bits per heavy atom. The number of carbonyl (C=O) groups is 1. The smallest absolute Gasteiger partial charge is 0.251 e. The van der Waals surface area contributed by atoms with Crippen LogP contribution < -0.4 is 11.1 Å². The molecule has 3 heteroatoms. The van der Waals surface area contributed by atoms with Crippen molar-refractivity contribution in [2.45, 2.75) is 52.5 Å². The minimum Gasteiger partial charge on any atom is -0.348 e. The third kappa shape index (κ3) is 4.97. The number of hydrogen-bond acceptors (Lipinski definition) is 2. The molecule has 3 nitrogen and oxygen atoms in total. The molecule has 0 aromatic heterocycles. The summed E-state index contributed by atoms with van der Waals surface area (Å²) in [4.78, 5) is 12.2. The van der Waals surface area contributed by atoms with Gasteiger partial charge in [-0.25, -0.2) is 0 Å². The summed E-state index contributed by atoms with van der Waals surface area (Å²) < 4.78 is 0. The van der Waals surface area contributed by atoms with Crippen molar-refractivity contribution in [1.82, 2.24) is 5.32 Å². The Bertz CT molecular complexity index is 429. The first-order valence-corrected chi connectivity index (χ1v) is 7.35. The van der Waals surface area contributed by atoms with E-state index in [-0.39, 0.29) is 17.4 Å². The van der Waals surface area contributed by atoms with Gasteiger partial charge in [-0.3, -0.25) is 4.79 Å². The van der Waals surface area contributed by atoms with E-state index in [1.165, 1.54) is 5.56 Å². The summed E-state index contributed by atoms with van der Waals surface area (Å²) in [7, 11) is 0. The molecule has 0 saturated heterocycles. The average molecular weight is 276 g/mol. The van der Waals surface area contributed by atoms with Crippen LogP contribution >= 0.6 is 0 Å². The molecule has 1 rings (SSSR count). The third-order valence-corrected chi connectivity index (χ3v) is 3.39. The Morgan fingerprint density at radius 1 is 1.20 bits per heavy atom. The number of amides is 1. The Hall–Kier alpha value is -1.35. The molecule has 0 heterocycles. The highest BCUT2D eigenvalue weighted by Gasteiger charge is 2.16.